The molecular formula is C19H24N2O6S. The molecule has 0 radical (unpaired) electrons. The van der Waals surface area contributed by atoms with E-state index < -0.39 is 28.5 Å². The summed E-state index contributed by atoms with van der Waals surface area (Å²) in [5.41, 5.74) is 0.0523. The third-order valence-corrected chi connectivity index (χ3v) is 6.87. The first-order valence-corrected chi connectivity index (χ1v) is 10.9. The summed E-state index contributed by atoms with van der Waals surface area (Å²) in [6.45, 7) is 0.719. The van der Waals surface area contributed by atoms with Gasteiger partial charge >= 0.3 is 5.97 Å². The molecule has 0 unspecified atom stereocenters. The Hall–Kier alpha value is -2.26. The van der Waals surface area contributed by atoms with Gasteiger partial charge in [-0.15, -0.1) is 0 Å². The fourth-order valence-electron chi connectivity index (χ4n) is 3.42. The molecule has 0 aliphatic carbocycles. The Kier molecular flexibility index (Phi) is 6.46. The van der Waals surface area contributed by atoms with E-state index in [0.717, 1.165) is 30.6 Å². The van der Waals surface area contributed by atoms with Gasteiger partial charge in [0.2, 0.25) is 15.9 Å². The Morgan fingerprint density at radius 2 is 1.71 bits per heavy atom. The molecule has 0 N–H and O–H groups in total. The van der Waals surface area contributed by atoms with Crippen molar-refractivity contribution in [3.63, 3.8) is 0 Å². The average Bonchev–Trinajstić information content (AvgIpc) is 2.94. The van der Waals surface area contributed by atoms with Gasteiger partial charge in [-0.2, -0.15) is 4.31 Å². The summed E-state index contributed by atoms with van der Waals surface area (Å²) in [6, 6.07) is 5.64. The van der Waals surface area contributed by atoms with E-state index in [-0.39, 0.29) is 16.4 Å². The van der Waals surface area contributed by atoms with Gasteiger partial charge in [-0.3, -0.25) is 14.5 Å². The molecule has 28 heavy (non-hydrogen) atoms. The second kappa shape index (κ2) is 8.83. The minimum absolute atomic E-state index is 0.0323. The van der Waals surface area contributed by atoms with Crippen molar-refractivity contribution in [2.45, 2.75) is 43.4 Å². The summed E-state index contributed by atoms with van der Waals surface area (Å²) in [5.74, 6) is -1.64. The maximum Gasteiger partial charge on any atom is 0.338 e. The largest absolute Gasteiger partial charge is 0.452 e. The maximum atomic E-state index is 12.9. The van der Waals surface area contributed by atoms with Gasteiger partial charge in [-0.1, -0.05) is 18.9 Å². The number of likely N-dealkylation sites (tertiary alicyclic amines) is 1. The molecule has 2 aliphatic rings. The Morgan fingerprint density at radius 3 is 2.36 bits per heavy atom. The number of sulfonamides is 1. The van der Waals surface area contributed by atoms with E-state index >= 15 is 0 Å². The van der Waals surface area contributed by atoms with Gasteiger partial charge in [0, 0.05) is 26.1 Å². The van der Waals surface area contributed by atoms with E-state index in [9.17, 15) is 22.8 Å². The first kappa shape index (κ1) is 20.5. The fourth-order valence-corrected chi connectivity index (χ4v) is 4.98. The highest BCUT2D eigenvalue weighted by molar-refractivity contribution is 7.89. The number of nitrogens with zero attached hydrogens (tertiary/aromatic N) is 2. The Balaban J connectivity index is 1.67. The molecule has 9 heteroatoms. The number of hydrogen-bond donors (Lipinski definition) is 0. The van der Waals surface area contributed by atoms with Gasteiger partial charge in [-0.25, -0.2) is 13.2 Å². The molecule has 2 amide bonds. The normalized spacial score (nSPS) is 18.7. The summed E-state index contributed by atoms with van der Waals surface area (Å²) in [5, 5.41) is 0. The second-order valence-corrected chi connectivity index (χ2v) is 8.90. The molecule has 0 aromatic heterocycles. The van der Waals surface area contributed by atoms with Gasteiger partial charge < -0.3 is 4.74 Å². The number of carbonyl (C=O) groups excluding carboxylic acids is 3. The van der Waals surface area contributed by atoms with Gasteiger partial charge in [-0.05, 0) is 37.5 Å². The monoisotopic (exact) mass is 408 g/mol. The standard InChI is InChI=1S/C19H24N2O6S/c22-17-9-6-12-21(17)18(23)14-27-19(24)15-7-5-8-16(13-15)28(25,26)20-10-3-1-2-4-11-20/h5,7-8,13H,1-4,6,9-12,14H2. The molecule has 8 nitrogen and oxygen atoms in total. The smallest absolute Gasteiger partial charge is 0.338 e. The number of benzene rings is 1. The summed E-state index contributed by atoms with van der Waals surface area (Å²) >= 11 is 0. The predicted molar refractivity (Wildman–Crippen MR) is 99.9 cm³/mol. The van der Waals surface area contributed by atoms with Gasteiger partial charge in [0.25, 0.3) is 5.91 Å². The second-order valence-electron chi connectivity index (χ2n) is 6.96. The molecule has 1 aromatic carbocycles. The zero-order valence-corrected chi connectivity index (χ0v) is 16.4. The highest BCUT2D eigenvalue weighted by Crippen LogP contribution is 2.21. The van der Waals surface area contributed by atoms with Gasteiger partial charge in [0.05, 0.1) is 10.5 Å². The fraction of sp³-hybridized carbons (Fsp3) is 0.526. The van der Waals surface area contributed by atoms with E-state index in [4.69, 9.17) is 4.74 Å². The molecular weight excluding hydrogens is 384 g/mol. The number of hydrogen-bond acceptors (Lipinski definition) is 6. The van der Waals surface area contributed by atoms with Crippen molar-refractivity contribution in [1.29, 1.82) is 0 Å². The molecule has 1 aromatic rings. The van der Waals surface area contributed by atoms with Crippen LogP contribution in [0, 0.1) is 0 Å². The summed E-state index contributed by atoms with van der Waals surface area (Å²) < 4.78 is 32.2. The van der Waals surface area contributed by atoms with Crippen LogP contribution in [0.1, 0.15) is 48.9 Å². The third kappa shape index (κ3) is 4.59. The first-order valence-electron chi connectivity index (χ1n) is 9.50. The predicted octanol–water partition coefficient (Wildman–Crippen LogP) is 1.56. The van der Waals surface area contributed by atoms with E-state index in [1.54, 1.807) is 0 Å². The molecule has 3 rings (SSSR count). The van der Waals surface area contributed by atoms with Crippen molar-refractivity contribution in [3.8, 4) is 0 Å². The minimum Gasteiger partial charge on any atom is -0.452 e. The highest BCUT2D eigenvalue weighted by Gasteiger charge is 2.28. The van der Waals surface area contributed by atoms with Crippen molar-refractivity contribution in [2.75, 3.05) is 26.2 Å². The van der Waals surface area contributed by atoms with E-state index in [0.29, 0.717) is 32.5 Å². The van der Waals surface area contributed by atoms with Crippen LogP contribution in [0.2, 0.25) is 0 Å². The molecule has 0 spiro atoms. The van der Waals surface area contributed by atoms with E-state index in [1.807, 2.05) is 0 Å². The number of rotatable bonds is 5. The zero-order chi connectivity index (χ0) is 20.1. The molecule has 0 atom stereocenters. The van der Waals surface area contributed by atoms with Crippen LogP contribution in [0.3, 0.4) is 0 Å². The first-order chi connectivity index (χ1) is 13.4. The van der Waals surface area contributed by atoms with Crippen LogP contribution in [0.5, 0.6) is 0 Å². The lowest BCUT2D eigenvalue weighted by molar-refractivity contribution is -0.143. The van der Waals surface area contributed by atoms with Crippen molar-refractivity contribution >= 4 is 27.8 Å². The number of ether oxygens (including phenoxy) is 1. The molecule has 2 saturated heterocycles. The molecule has 0 saturated carbocycles. The van der Waals surface area contributed by atoms with Crippen LogP contribution in [-0.2, 0) is 24.3 Å². The molecule has 2 fully saturated rings. The van der Waals surface area contributed by atoms with Crippen molar-refractivity contribution < 1.29 is 27.5 Å². The summed E-state index contributed by atoms with van der Waals surface area (Å²) in [6.07, 6.45) is 4.57. The Bertz CT molecular complexity index is 859. The minimum atomic E-state index is -3.69. The van der Waals surface area contributed by atoms with Crippen molar-refractivity contribution in [3.05, 3.63) is 29.8 Å². The highest BCUT2D eigenvalue weighted by atomic mass is 32.2. The lowest BCUT2D eigenvalue weighted by atomic mass is 10.2. The van der Waals surface area contributed by atoms with E-state index in [2.05, 4.69) is 0 Å². The molecule has 2 aliphatic heterocycles. The average molecular weight is 408 g/mol. The van der Waals surface area contributed by atoms with E-state index in [1.165, 1.54) is 28.6 Å². The van der Waals surface area contributed by atoms with Crippen LogP contribution in [0.15, 0.2) is 29.2 Å². The van der Waals surface area contributed by atoms with Gasteiger partial charge in [0.15, 0.2) is 6.61 Å². The maximum absolute atomic E-state index is 12.9. The Labute approximate surface area is 164 Å². The SMILES string of the molecule is O=C(OCC(=O)N1CCCC1=O)c1cccc(S(=O)(=O)N2CCCCCC2)c1. The summed E-state index contributed by atoms with van der Waals surface area (Å²) in [7, 11) is -3.69. The quantitative estimate of drug-likeness (QED) is 0.686. The number of carbonyl (C=O) groups is 3. The van der Waals surface area contributed by atoms with Crippen LogP contribution in [0.4, 0.5) is 0 Å². The number of imide groups is 1. The van der Waals surface area contributed by atoms with Crippen molar-refractivity contribution in [2.24, 2.45) is 0 Å². The van der Waals surface area contributed by atoms with Crippen LogP contribution in [0.25, 0.3) is 0 Å². The molecule has 0 bridgehead atoms. The third-order valence-electron chi connectivity index (χ3n) is 4.97. The van der Waals surface area contributed by atoms with Crippen LogP contribution < -0.4 is 0 Å². The van der Waals surface area contributed by atoms with Crippen molar-refractivity contribution in [1.82, 2.24) is 9.21 Å². The van der Waals surface area contributed by atoms with Crippen LogP contribution in [-0.4, -0.2) is 61.6 Å². The molecule has 152 valence electrons. The topological polar surface area (TPSA) is 101 Å². The van der Waals surface area contributed by atoms with Gasteiger partial charge in [0.1, 0.15) is 0 Å². The molecule has 2 heterocycles. The summed E-state index contributed by atoms with van der Waals surface area (Å²) in [4.78, 5) is 36.9. The van der Waals surface area contributed by atoms with Crippen LogP contribution >= 0.6 is 0 Å². The Morgan fingerprint density at radius 1 is 1.00 bits per heavy atom. The number of amides is 2. The zero-order valence-electron chi connectivity index (χ0n) is 15.6. The lowest BCUT2D eigenvalue weighted by Crippen LogP contribution is -2.35. The lowest BCUT2D eigenvalue weighted by Gasteiger charge is -2.20. The number of esters is 1.